The van der Waals surface area contributed by atoms with E-state index in [0.717, 1.165) is 35.5 Å². The van der Waals surface area contributed by atoms with Crippen LogP contribution in [0.25, 0.3) is 0 Å². The molecule has 2 amide bonds. The highest BCUT2D eigenvalue weighted by Gasteiger charge is 2.31. The van der Waals surface area contributed by atoms with Crippen molar-refractivity contribution in [3.63, 3.8) is 0 Å². The minimum absolute atomic E-state index is 0.000756. The summed E-state index contributed by atoms with van der Waals surface area (Å²) < 4.78 is 26.4. The summed E-state index contributed by atoms with van der Waals surface area (Å²) >= 11 is 1.36. The summed E-state index contributed by atoms with van der Waals surface area (Å²) in [5, 5.41) is 3.38. The summed E-state index contributed by atoms with van der Waals surface area (Å²) in [7, 11) is 0. The molecule has 5 nitrogen and oxygen atoms in total. The van der Waals surface area contributed by atoms with Gasteiger partial charge in [0.2, 0.25) is 5.91 Å². The average Bonchev–Trinajstić information content (AvgIpc) is 3.37. The van der Waals surface area contributed by atoms with Crippen molar-refractivity contribution in [2.45, 2.75) is 25.8 Å². The first-order valence-corrected chi connectivity index (χ1v) is 8.86. The predicted molar refractivity (Wildman–Crippen MR) is 88.3 cm³/mol. The largest absolute Gasteiger partial charge is 0.333 e. The van der Waals surface area contributed by atoms with Crippen LogP contribution in [0.15, 0.2) is 18.2 Å². The van der Waals surface area contributed by atoms with Crippen LogP contribution in [-0.2, 0) is 17.8 Å². The van der Waals surface area contributed by atoms with Gasteiger partial charge in [-0.3, -0.25) is 9.59 Å². The number of amides is 2. The van der Waals surface area contributed by atoms with Gasteiger partial charge in [-0.1, -0.05) is 11.3 Å². The van der Waals surface area contributed by atoms with Crippen LogP contribution in [-0.4, -0.2) is 28.2 Å². The number of aromatic nitrogens is 1. The van der Waals surface area contributed by atoms with E-state index in [1.165, 1.54) is 17.4 Å². The summed E-state index contributed by atoms with van der Waals surface area (Å²) in [4.78, 5) is 31.3. The first-order chi connectivity index (χ1) is 12.0. The van der Waals surface area contributed by atoms with E-state index in [4.69, 9.17) is 0 Å². The van der Waals surface area contributed by atoms with Crippen LogP contribution in [0.1, 0.15) is 33.8 Å². The number of hydrogen-bond acceptors (Lipinski definition) is 4. The average molecular weight is 363 g/mol. The van der Waals surface area contributed by atoms with Crippen molar-refractivity contribution in [3.05, 3.63) is 46.0 Å². The zero-order valence-electron chi connectivity index (χ0n) is 13.2. The lowest BCUT2D eigenvalue weighted by molar-refractivity contribution is -0.117. The highest BCUT2D eigenvalue weighted by molar-refractivity contribution is 7.15. The fourth-order valence-electron chi connectivity index (χ4n) is 2.79. The Bertz CT molecular complexity index is 864. The molecular weight excluding hydrogens is 348 g/mol. The topological polar surface area (TPSA) is 62.3 Å². The molecule has 0 bridgehead atoms. The number of carbonyl (C=O) groups excluding carboxylic acids is 2. The molecule has 25 heavy (non-hydrogen) atoms. The molecule has 1 saturated carbocycles. The highest BCUT2D eigenvalue weighted by atomic mass is 32.1. The van der Waals surface area contributed by atoms with Crippen molar-refractivity contribution in [2.75, 3.05) is 11.9 Å². The zero-order chi connectivity index (χ0) is 17.6. The molecule has 1 aliphatic heterocycles. The molecule has 1 aliphatic carbocycles. The Labute approximate surface area is 146 Å². The van der Waals surface area contributed by atoms with E-state index in [2.05, 4.69) is 10.3 Å². The maximum Gasteiger partial charge on any atom is 0.254 e. The van der Waals surface area contributed by atoms with E-state index in [0.29, 0.717) is 24.6 Å². The second kappa shape index (κ2) is 6.18. The normalized spacial score (nSPS) is 16.5. The number of halogens is 2. The third-order valence-corrected chi connectivity index (χ3v) is 5.36. The number of rotatable bonds is 3. The number of fused-ring (bicyclic) bond motifs is 1. The summed E-state index contributed by atoms with van der Waals surface area (Å²) in [5.74, 6) is -2.25. The quantitative estimate of drug-likeness (QED) is 0.912. The zero-order valence-corrected chi connectivity index (χ0v) is 14.0. The van der Waals surface area contributed by atoms with Crippen molar-refractivity contribution in [3.8, 4) is 0 Å². The third kappa shape index (κ3) is 3.26. The van der Waals surface area contributed by atoms with Crippen molar-refractivity contribution in [1.29, 1.82) is 0 Å². The van der Waals surface area contributed by atoms with Gasteiger partial charge >= 0.3 is 0 Å². The number of anilines is 1. The Balaban J connectivity index is 1.48. The van der Waals surface area contributed by atoms with Crippen molar-refractivity contribution >= 4 is 28.3 Å². The highest BCUT2D eigenvalue weighted by Crippen LogP contribution is 2.33. The minimum Gasteiger partial charge on any atom is -0.333 e. The lowest BCUT2D eigenvalue weighted by Crippen LogP contribution is -2.35. The van der Waals surface area contributed by atoms with Crippen molar-refractivity contribution < 1.29 is 18.4 Å². The Morgan fingerprint density at radius 1 is 1.24 bits per heavy atom. The van der Waals surface area contributed by atoms with Crippen LogP contribution in [0, 0.1) is 17.6 Å². The monoisotopic (exact) mass is 363 g/mol. The molecule has 130 valence electrons. The predicted octanol–water partition coefficient (Wildman–Crippen LogP) is 2.97. The van der Waals surface area contributed by atoms with Gasteiger partial charge in [-0.2, -0.15) is 0 Å². The maximum absolute atomic E-state index is 13.3. The molecule has 0 saturated heterocycles. The van der Waals surface area contributed by atoms with Crippen LogP contribution >= 0.6 is 11.3 Å². The van der Waals surface area contributed by atoms with Crippen LogP contribution in [0.5, 0.6) is 0 Å². The second-order valence-electron chi connectivity index (χ2n) is 6.26. The summed E-state index contributed by atoms with van der Waals surface area (Å²) in [6.45, 7) is 0.800. The molecule has 1 aromatic carbocycles. The van der Waals surface area contributed by atoms with Crippen molar-refractivity contribution in [2.24, 2.45) is 5.92 Å². The lowest BCUT2D eigenvalue weighted by atomic mass is 10.1. The first-order valence-electron chi connectivity index (χ1n) is 8.05. The van der Waals surface area contributed by atoms with E-state index in [1.807, 2.05) is 0 Å². The number of benzene rings is 1. The Morgan fingerprint density at radius 3 is 2.76 bits per heavy atom. The molecule has 2 aliphatic rings. The number of nitrogens with one attached hydrogen (secondary N) is 1. The van der Waals surface area contributed by atoms with Gasteiger partial charge in [0.05, 0.1) is 12.2 Å². The van der Waals surface area contributed by atoms with Gasteiger partial charge in [-0.25, -0.2) is 13.8 Å². The Hall–Kier alpha value is -2.35. The Morgan fingerprint density at radius 2 is 2.04 bits per heavy atom. The van der Waals surface area contributed by atoms with Gasteiger partial charge in [0.1, 0.15) is 0 Å². The number of thiazole rings is 1. The van der Waals surface area contributed by atoms with Gasteiger partial charge in [-0.05, 0) is 31.0 Å². The van der Waals surface area contributed by atoms with Crippen LogP contribution < -0.4 is 5.32 Å². The molecule has 1 aromatic heterocycles. The molecule has 0 radical (unpaired) electrons. The third-order valence-electron chi connectivity index (χ3n) is 4.36. The van der Waals surface area contributed by atoms with Gasteiger partial charge in [0.25, 0.3) is 5.91 Å². The summed E-state index contributed by atoms with van der Waals surface area (Å²) in [6.07, 6.45) is 2.42. The summed E-state index contributed by atoms with van der Waals surface area (Å²) in [6, 6.07) is 3.15. The van der Waals surface area contributed by atoms with E-state index < -0.39 is 11.6 Å². The van der Waals surface area contributed by atoms with E-state index in [-0.39, 0.29) is 23.3 Å². The molecule has 0 atom stereocenters. The number of carbonyl (C=O) groups is 2. The maximum atomic E-state index is 13.3. The van der Waals surface area contributed by atoms with Crippen LogP contribution in [0.4, 0.5) is 13.9 Å². The molecule has 2 heterocycles. The van der Waals surface area contributed by atoms with E-state index >= 15 is 0 Å². The molecule has 0 unspecified atom stereocenters. The smallest absolute Gasteiger partial charge is 0.254 e. The standard InChI is InChI=1S/C17H15F2N3O2S/c18-11-4-3-10(7-12(11)19)16(24)22-6-5-13-14(8-22)25-17(20-13)21-15(23)9-1-2-9/h3-4,7,9H,1-2,5-6,8H2,(H,20,21,23). The molecule has 2 aromatic rings. The van der Waals surface area contributed by atoms with E-state index in [1.54, 1.807) is 4.90 Å². The van der Waals surface area contributed by atoms with Gasteiger partial charge in [0.15, 0.2) is 16.8 Å². The Kier molecular flexibility index (Phi) is 3.99. The minimum atomic E-state index is -1.04. The molecule has 8 heteroatoms. The van der Waals surface area contributed by atoms with Gasteiger partial charge < -0.3 is 10.2 Å². The number of nitrogens with zero attached hydrogens (tertiary/aromatic N) is 2. The SMILES string of the molecule is O=C(Nc1nc2c(s1)CN(C(=O)c1ccc(F)c(F)c1)CC2)C1CC1. The molecule has 4 rings (SSSR count). The second-order valence-corrected chi connectivity index (χ2v) is 7.34. The van der Waals surface area contributed by atoms with Crippen LogP contribution in [0.2, 0.25) is 0 Å². The van der Waals surface area contributed by atoms with Gasteiger partial charge in [0, 0.05) is 29.3 Å². The first kappa shape index (κ1) is 16.1. The van der Waals surface area contributed by atoms with Crippen LogP contribution in [0.3, 0.4) is 0 Å². The summed E-state index contributed by atoms with van der Waals surface area (Å²) in [5.41, 5.74) is 1.000. The fraction of sp³-hybridized carbons (Fsp3) is 0.353. The number of hydrogen-bond donors (Lipinski definition) is 1. The molecule has 1 fully saturated rings. The molecule has 0 spiro atoms. The lowest BCUT2D eigenvalue weighted by Gasteiger charge is -2.26. The fourth-order valence-corrected chi connectivity index (χ4v) is 3.81. The van der Waals surface area contributed by atoms with E-state index in [9.17, 15) is 18.4 Å². The molecular formula is C17H15F2N3O2S. The van der Waals surface area contributed by atoms with Gasteiger partial charge in [-0.15, -0.1) is 0 Å². The molecule has 1 N–H and O–H groups in total. The van der Waals surface area contributed by atoms with Crippen molar-refractivity contribution in [1.82, 2.24) is 9.88 Å².